The fourth-order valence-electron chi connectivity index (χ4n) is 3.93. The van der Waals surface area contributed by atoms with Gasteiger partial charge in [0.1, 0.15) is 5.54 Å². The molecule has 1 aromatic heterocycles. The standard InChI is InChI=1S/C19H20ClN5O3S/c20-13-5-3-11(4-6-13)8-14-10-22-18(29-14)24-16(27)21-9-12-2-1-7-19(12)15(26)23-17(28)25-19/h3-6,10,12H,1-2,7-9H2,(H2,21,22,24,27)(H2,23,25,26,28). The summed E-state index contributed by atoms with van der Waals surface area (Å²) in [6.07, 6.45) is 4.61. The third-order valence-corrected chi connectivity index (χ3v) is 6.53. The van der Waals surface area contributed by atoms with Crippen molar-refractivity contribution in [3.8, 4) is 0 Å². The summed E-state index contributed by atoms with van der Waals surface area (Å²) < 4.78 is 0. The van der Waals surface area contributed by atoms with E-state index in [1.165, 1.54) is 11.3 Å². The Kier molecular flexibility index (Phi) is 5.42. The average Bonchev–Trinajstić information content (AvgIpc) is 3.36. The summed E-state index contributed by atoms with van der Waals surface area (Å²) in [7, 11) is 0. The van der Waals surface area contributed by atoms with E-state index in [0.717, 1.165) is 23.3 Å². The second-order valence-corrected chi connectivity index (χ2v) is 8.79. The minimum absolute atomic E-state index is 0.142. The molecule has 152 valence electrons. The molecule has 1 spiro atoms. The number of carbonyl (C=O) groups excluding carboxylic acids is 3. The van der Waals surface area contributed by atoms with Gasteiger partial charge in [0.2, 0.25) is 0 Å². The quantitative estimate of drug-likeness (QED) is 0.543. The molecule has 5 amide bonds. The van der Waals surface area contributed by atoms with Crippen LogP contribution in [0.3, 0.4) is 0 Å². The highest BCUT2D eigenvalue weighted by atomic mass is 35.5. The molecule has 0 radical (unpaired) electrons. The van der Waals surface area contributed by atoms with Gasteiger partial charge in [-0.2, -0.15) is 0 Å². The van der Waals surface area contributed by atoms with Crippen molar-refractivity contribution in [3.05, 3.63) is 45.9 Å². The second kappa shape index (κ2) is 8.00. The number of urea groups is 2. The van der Waals surface area contributed by atoms with Crippen molar-refractivity contribution >= 4 is 46.0 Å². The first kappa shape index (κ1) is 19.7. The second-order valence-electron chi connectivity index (χ2n) is 7.24. The largest absolute Gasteiger partial charge is 0.337 e. The fraction of sp³-hybridized carbons (Fsp3) is 0.368. The molecular weight excluding hydrogens is 414 g/mol. The SMILES string of the molecule is O=C(NCC1CCCC12NC(=O)NC2=O)Nc1ncc(Cc2ccc(Cl)cc2)s1. The number of amides is 5. The van der Waals surface area contributed by atoms with Crippen molar-refractivity contribution in [1.82, 2.24) is 20.9 Å². The highest BCUT2D eigenvalue weighted by Gasteiger charge is 2.54. The predicted molar refractivity (Wildman–Crippen MR) is 110 cm³/mol. The molecule has 2 heterocycles. The summed E-state index contributed by atoms with van der Waals surface area (Å²) in [5.74, 6) is -0.449. The minimum Gasteiger partial charge on any atom is -0.337 e. The van der Waals surface area contributed by atoms with E-state index in [2.05, 4.69) is 26.3 Å². The Morgan fingerprint density at radius 2 is 2.10 bits per heavy atom. The Labute approximate surface area is 176 Å². The zero-order valence-corrected chi connectivity index (χ0v) is 17.0. The van der Waals surface area contributed by atoms with Crippen LogP contribution < -0.4 is 21.3 Å². The zero-order chi connectivity index (χ0) is 20.4. The van der Waals surface area contributed by atoms with Gasteiger partial charge in [0, 0.05) is 35.0 Å². The summed E-state index contributed by atoms with van der Waals surface area (Å²) in [5.41, 5.74) is 0.203. The van der Waals surface area contributed by atoms with Crippen molar-refractivity contribution in [2.75, 3.05) is 11.9 Å². The van der Waals surface area contributed by atoms with Crippen LogP contribution in [-0.4, -0.2) is 35.0 Å². The minimum atomic E-state index is -0.905. The molecule has 29 heavy (non-hydrogen) atoms. The number of thiazole rings is 1. The lowest BCUT2D eigenvalue weighted by Crippen LogP contribution is -2.53. The number of carbonyl (C=O) groups is 3. The van der Waals surface area contributed by atoms with Gasteiger partial charge in [0.25, 0.3) is 5.91 Å². The molecule has 1 aliphatic carbocycles. The maximum absolute atomic E-state index is 12.3. The first-order chi connectivity index (χ1) is 13.9. The lowest BCUT2D eigenvalue weighted by molar-refractivity contribution is -0.125. The van der Waals surface area contributed by atoms with E-state index in [-0.39, 0.29) is 17.9 Å². The number of nitrogens with one attached hydrogen (secondary N) is 4. The van der Waals surface area contributed by atoms with Gasteiger partial charge in [-0.05, 0) is 30.5 Å². The molecule has 2 aromatic rings. The van der Waals surface area contributed by atoms with Gasteiger partial charge in [-0.3, -0.25) is 15.4 Å². The van der Waals surface area contributed by atoms with Crippen molar-refractivity contribution in [1.29, 1.82) is 0 Å². The van der Waals surface area contributed by atoms with Crippen LogP contribution >= 0.6 is 22.9 Å². The third-order valence-electron chi connectivity index (χ3n) is 5.36. The van der Waals surface area contributed by atoms with E-state index in [9.17, 15) is 14.4 Å². The summed E-state index contributed by atoms with van der Waals surface area (Å²) in [6.45, 7) is 0.294. The molecule has 8 nitrogen and oxygen atoms in total. The van der Waals surface area contributed by atoms with Gasteiger partial charge in [-0.1, -0.05) is 30.2 Å². The molecular formula is C19H20ClN5O3S. The van der Waals surface area contributed by atoms with Crippen molar-refractivity contribution in [2.45, 2.75) is 31.2 Å². The van der Waals surface area contributed by atoms with Gasteiger partial charge in [0.15, 0.2) is 5.13 Å². The smallest absolute Gasteiger partial charge is 0.322 e. The molecule has 2 aliphatic rings. The van der Waals surface area contributed by atoms with E-state index in [1.54, 1.807) is 6.20 Å². The molecule has 1 saturated heterocycles. The Bertz CT molecular complexity index is 948. The maximum Gasteiger partial charge on any atom is 0.322 e. The Morgan fingerprint density at radius 1 is 1.31 bits per heavy atom. The first-order valence-electron chi connectivity index (χ1n) is 9.32. The molecule has 4 rings (SSSR count). The number of imide groups is 1. The number of nitrogens with zero attached hydrogens (tertiary/aromatic N) is 1. The van der Waals surface area contributed by atoms with Crippen LogP contribution in [0.25, 0.3) is 0 Å². The molecule has 1 aromatic carbocycles. The normalized spacial score (nSPS) is 23.1. The summed E-state index contributed by atoms with van der Waals surface area (Å²) in [6, 6.07) is 6.74. The summed E-state index contributed by atoms with van der Waals surface area (Å²) in [4.78, 5) is 41.2. The Hall–Kier alpha value is -2.65. The van der Waals surface area contributed by atoms with E-state index in [4.69, 9.17) is 11.6 Å². The molecule has 2 fully saturated rings. The maximum atomic E-state index is 12.3. The Balaban J connectivity index is 1.30. The van der Waals surface area contributed by atoms with Gasteiger partial charge >= 0.3 is 12.1 Å². The monoisotopic (exact) mass is 433 g/mol. The van der Waals surface area contributed by atoms with E-state index < -0.39 is 11.6 Å². The molecule has 1 saturated carbocycles. The van der Waals surface area contributed by atoms with Crippen LogP contribution in [0, 0.1) is 5.92 Å². The van der Waals surface area contributed by atoms with Crippen molar-refractivity contribution in [3.63, 3.8) is 0 Å². The van der Waals surface area contributed by atoms with Crippen LogP contribution in [-0.2, 0) is 11.2 Å². The number of halogens is 1. The van der Waals surface area contributed by atoms with Gasteiger partial charge in [0.05, 0.1) is 0 Å². The fourth-order valence-corrected chi connectivity index (χ4v) is 4.90. The summed E-state index contributed by atoms with van der Waals surface area (Å²) in [5, 5.41) is 11.8. The van der Waals surface area contributed by atoms with Crippen LogP contribution in [0.15, 0.2) is 30.5 Å². The van der Waals surface area contributed by atoms with Gasteiger partial charge in [-0.25, -0.2) is 14.6 Å². The number of hydrogen-bond donors (Lipinski definition) is 4. The van der Waals surface area contributed by atoms with Crippen molar-refractivity contribution < 1.29 is 14.4 Å². The molecule has 1 aliphatic heterocycles. The lowest BCUT2D eigenvalue weighted by atomic mass is 9.87. The van der Waals surface area contributed by atoms with Gasteiger partial charge in [-0.15, -0.1) is 11.3 Å². The summed E-state index contributed by atoms with van der Waals surface area (Å²) >= 11 is 7.30. The van der Waals surface area contributed by atoms with Crippen molar-refractivity contribution in [2.24, 2.45) is 5.92 Å². The topological polar surface area (TPSA) is 112 Å². The molecule has 2 unspecified atom stereocenters. The average molecular weight is 434 g/mol. The molecule has 10 heteroatoms. The predicted octanol–water partition coefficient (Wildman–Crippen LogP) is 2.89. The molecule has 2 atom stereocenters. The van der Waals surface area contributed by atoms with E-state index in [0.29, 0.717) is 29.5 Å². The first-order valence-corrected chi connectivity index (χ1v) is 10.5. The number of benzene rings is 1. The number of aromatic nitrogens is 1. The highest BCUT2D eigenvalue weighted by molar-refractivity contribution is 7.15. The lowest BCUT2D eigenvalue weighted by Gasteiger charge is -2.28. The molecule has 4 N–H and O–H groups in total. The van der Waals surface area contributed by atoms with Crippen LogP contribution in [0.1, 0.15) is 29.7 Å². The Morgan fingerprint density at radius 3 is 2.83 bits per heavy atom. The van der Waals surface area contributed by atoms with E-state index in [1.807, 2.05) is 24.3 Å². The van der Waals surface area contributed by atoms with Crippen LogP contribution in [0.5, 0.6) is 0 Å². The highest BCUT2D eigenvalue weighted by Crippen LogP contribution is 2.37. The van der Waals surface area contributed by atoms with Crippen LogP contribution in [0.2, 0.25) is 5.02 Å². The third kappa shape index (κ3) is 4.20. The number of hydrogen-bond acceptors (Lipinski definition) is 5. The number of anilines is 1. The van der Waals surface area contributed by atoms with Crippen LogP contribution in [0.4, 0.5) is 14.7 Å². The van der Waals surface area contributed by atoms with E-state index >= 15 is 0 Å². The molecule has 0 bridgehead atoms. The van der Waals surface area contributed by atoms with Gasteiger partial charge < -0.3 is 10.6 Å². The number of rotatable bonds is 5. The zero-order valence-electron chi connectivity index (χ0n) is 15.5.